The van der Waals surface area contributed by atoms with Gasteiger partial charge in [-0.05, 0) is 49.9 Å². The van der Waals surface area contributed by atoms with E-state index in [9.17, 15) is 4.79 Å². The lowest BCUT2D eigenvalue weighted by molar-refractivity contribution is -0.138. The lowest BCUT2D eigenvalue weighted by Gasteiger charge is -2.19. The molecule has 1 fully saturated rings. The number of aryl methyl sites for hydroxylation is 2. The number of carboxylic acid groups (broad SMARTS) is 1. The van der Waals surface area contributed by atoms with Crippen LogP contribution in [0.4, 0.5) is 0 Å². The molecule has 1 aliphatic rings. The van der Waals surface area contributed by atoms with Gasteiger partial charge in [0.25, 0.3) is 0 Å². The quantitative estimate of drug-likeness (QED) is 0.819. The molecule has 1 aromatic carbocycles. The van der Waals surface area contributed by atoms with Crippen molar-refractivity contribution in [2.75, 3.05) is 19.7 Å². The van der Waals surface area contributed by atoms with E-state index < -0.39 is 5.97 Å². The molecule has 4 heteroatoms. The lowest BCUT2D eigenvalue weighted by atomic mass is 10.1. The average molecular weight is 263 g/mol. The van der Waals surface area contributed by atoms with E-state index in [2.05, 4.69) is 6.07 Å². The number of benzene rings is 1. The summed E-state index contributed by atoms with van der Waals surface area (Å²) in [6.07, 6.45) is 2.22. The normalized spacial score (nSPS) is 14.7. The number of ether oxygens (including phenoxy) is 1. The smallest absolute Gasteiger partial charge is 0.317 e. The molecule has 19 heavy (non-hydrogen) atoms. The maximum Gasteiger partial charge on any atom is 0.317 e. The summed E-state index contributed by atoms with van der Waals surface area (Å²) in [6, 6.07) is 6.56. The van der Waals surface area contributed by atoms with Crippen molar-refractivity contribution in [2.45, 2.75) is 32.7 Å². The number of rotatable bonds is 7. The molecule has 1 aliphatic carbocycles. The molecular formula is C15H21NO3. The summed E-state index contributed by atoms with van der Waals surface area (Å²) in [5.41, 5.74) is 2.36. The Morgan fingerprint density at radius 2 is 1.95 bits per heavy atom. The van der Waals surface area contributed by atoms with Gasteiger partial charge in [0.05, 0.1) is 6.54 Å². The Labute approximate surface area is 114 Å². The minimum absolute atomic E-state index is 0.112. The van der Waals surface area contributed by atoms with E-state index in [0.29, 0.717) is 19.2 Å². The van der Waals surface area contributed by atoms with E-state index in [0.717, 1.165) is 18.6 Å². The van der Waals surface area contributed by atoms with Crippen molar-refractivity contribution < 1.29 is 14.6 Å². The van der Waals surface area contributed by atoms with E-state index in [-0.39, 0.29) is 6.54 Å². The van der Waals surface area contributed by atoms with Crippen LogP contribution in [-0.4, -0.2) is 41.7 Å². The van der Waals surface area contributed by atoms with E-state index in [1.807, 2.05) is 30.9 Å². The highest BCUT2D eigenvalue weighted by Gasteiger charge is 2.29. The van der Waals surface area contributed by atoms with Gasteiger partial charge in [0.2, 0.25) is 0 Å². The molecule has 0 saturated heterocycles. The third-order valence-corrected chi connectivity index (χ3v) is 3.24. The summed E-state index contributed by atoms with van der Waals surface area (Å²) in [5.74, 6) is 0.0990. The van der Waals surface area contributed by atoms with Crippen LogP contribution in [0.25, 0.3) is 0 Å². The Morgan fingerprint density at radius 3 is 2.47 bits per heavy atom. The van der Waals surface area contributed by atoms with Crippen LogP contribution in [0.5, 0.6) is 5.75 Å². The first-order chi connectivity index (χ1) is 9.04. The number of hydrogen-bond donors (Lipinski definition) is 1. The second-order valence-corrected chi connectivity index (χ2v) is 5.27. The fraction of sp³-hybridized carbons (Fsp3) is 0.533. The molecule has 0 radical (unpaired) electrons. The molecule has 1 N–H and O–H groups in total. The number of carbonyl (C=O) groups is 1. The topological polar surface area (TPSA) is 49.8 Å². The molecule has 0 bridgehead atoms. The highest BCUT2D eigenvalue weighted by molar-refractivity contribution is 5.69. The highest BCUT2D eigenvalue weighted by atomic mass is 16.5. The molecule has 0 amide bonds. The van der Waals surface area contributed by atoms with E-state index >= 15 is 0 Å². The Morgan fingerprint density at radius 1 is 1.32 bits per heavy atom. The summed E-state index contributed by atoms with van der Waals surface area (Å²) >= 11 is 0. The predicted molar refractivity (Wildman–Crippen MR) is 73.6 cm³/mol. The molecule has 0 spiro atoms. The standard InChI is InChI=1S/C15H21NO3/c1-11-7-12(2)9-14(8-11)19-6-5-16(10-15(17)18)13-3-4-13/h7-9,13H,3-6,10H2,1-2H3,(H,17,18). The third-order valence-electron chi connectivity index (χ3n) is 3.24. The van der Waals surface area contributed by atoms with Gasteiger partial charge < -0.3 is 9.84 Å². The molecule has 0 aromatic heterocycles. The van der Waals surface area contributed by atoms with E-state index in [1.54, 1.807) is 0 Å². The Bertz CT molecular complexity index is 434. The first-order valence-electron chi connectivity index (χ1n) is 6.71. The monoisotopic (exact) mass is 263 g/mol. The minimum Gasteiger partial charge on any atom is -0.492 e. The maximum absolute atomic E-state index is 10.8. The van der Waals surface area contributed by atoms with Gasteiger partial charge in [-0.1, -0.05) is 6.07 Å². The van der Waals surface area contributed by atoms with Crippen molar-refractivity contribution in [3.05, 3.63) is 29.3 Å². The van der Waals surface area contributed by atoms with Crippen LogP contribution < -0.4 is 4.74 Å². The van der Waals surface area contributed by atoms with Crippen molar-refractivity contribution in [1.29, 1.82) is 0 Å². The first kappa shape index (κ1) is 13.9. The maximum atomic E-state index is 10.8. The van der Waals surface area contributed by atoms with Crippen LogP contribution in [0.15, 0.2) is 18.2 Å². The minimum atomic E-state index is -0.765. The number of carboxylic acids is 1. The molecule has 2 rings (SSSR count). The molecule has 4 nitrogen and oxygen atoms in total. The fourth-order valence-electron chi connectivity index (χ4n) is 2.30. The predicted octanol–water partition coefficient (Wildman–Crippen LogP) is 2.23. The third kappa shape index (κ3) is 4.56. The zero-order valence-corrected chi connectivity index (χ0v) is 11.6. The van der Waals surface area contributed by atoms with Crippen LogP contribution in [0, 0.1) is 13.8 Å². The van der Waals surface area contributed by atoms with Crippen molar-refractivity contribution >= 4 is 5.97 Å². The zero-order chi connectivity index (χ0) is 13.8. The second-order valence-electron chi connectivity index (χ2n) is 5.27. The number of nitrogens with zero attached hydrogens (tertiary/aromatic N) is 1. The van der Waals surface area contributed by atoms with Crippen LogP contribution in [0.1, 0.15) is 24.0 Å². The van der Waals surface area contributed by atoms with Crippen molar-refractivity contribution in [1.82, 2.24) is 4.90 Å². The van der Waals surface area contributed by atoms with Gasteiger partial charge in [-0.25, -0.2) is 0 Å². The SMILES string of the molecule is Cc1cc(C)cc(OCCN(CC(=O)O)C2CC2)c1. The molecule has 1 aromatic rings. The first-order valence-corrected chi connectivity index (χ1v) is 6.71. The zero-order valence-electron chi connectivity index (χ0n) is 11.6. The number of aliphatic carboxylic acids is 1. The molecule has 0 aliphatic heterocycles. The molecule has 1 saturated carbocycles. The molecule has 0 unspecified atom stereocenters. The number of hydrogen-bond acceptors (Lipinski definition) is 3. The van der Waals surface area contributed by atoms with Crippen molar-refractivity contribution in [2.24, 2.45) is 0 Å². The molecular weight excluding hydrogens is 242 g/mol. The van der Waals surface area contributed by atoms with Gasteiger partial charge in [-0.3, -0.25) is 9.69 Å². The van der Waals surface area contributed by atoms with Crippen molar-refractivity contribution in [3.63, 3.8) is 0 Å². The summed E-state index contributed by atoms with van der Waals surface area (Å²) in [6.45, 7) is 5.40. The summed E-state index contributed by atoms with van der Waals surface area (Å²) in [7, 11) is 0. The Hall–Kier alpha value is -1.55. The van der Waals surface area contributed by atoms with Gasteiger partial charge in [0, 0.05) is 12.6 Å². The summed E-state index contributed by atoms with van der Waals surface area (Å²) in [5, 5.41) is 8.87. The highest BCUT2D eigenvalue weighted by Crippen LogP contribution is 2.26. The second kappa shape index (κ2) is 6.06. The summed E-state index contributed by atoms with van der Waals surface area (Å²) < 4.78 is 5.72. The van der Waals surface area contributed by atoms with E-state index in [1.165, 1.54) is 11.1 Å². The van der Waals surface area contributed by atoms with Gasteiger partial charge in [-0.2, -0.15) is 0 Å². The largest absolute Gasteiger partial charge is 0.492 e. The van der Waals surface area contributed by atoms with Gasteiger partial charge in [0.1, 0.15) is 12.4 Å². The van der Waals surface area contributed by atoms with Crippen LogP contribution in [0.3, 0.4) is 0 Å². The van der Waals surface area contributed by atoms with Crippen LogP contribution in [-0.2, 0) is 4.79 Å². The molecule has 0 heterocycles. The summed E-state index contributed by atoms with van der Waals surface area (Å²) in [4.78, 5) is 12.8. The lowest BCUT2D eigenvalue weighted by Crippen LogP contribution is -2.35. The molecule has 0 atom stereocenters. The van der Waals surface area contributed by atoms with Crippen molar-refractivity contribution in [3.8, 4) is 5.75 Å². The molecule has 104 valence electrons. The fourth-order valence-corrected chi connectivity index (χ4v) is 2.30. The van der Waals surface area contributed by atoms with Crippen LogP contribution in [0.2, 0.25) is 0 Å². The van der Waals surface area contributed by atoms with Gasteiger partial charge >= 0.3 is 5.97 Å². The van der Waals surface area contributed by atoms with Gasteiger partial charge in [-0.15, -0.1) is 0 Å². The van der Waals surface area contributed by atoms with E-state index in [4.69, 9.17) is 9.84 Å². The van der Waals surface area contributed by atoms with Gasteiger partial charge in [0.15, 0.2) is 0 Å². The Balaban J connectivity index is 1.82. The van der Waals surface area contributed by atoms with Crippen LogP contribution >= 0.6 is 0 Å². The average Bonchev–Trinajstić information content (AvgIpc) is 3.09. The Kier molecular flexibility index (Phi) is 4.43.